The van der Waals surface area contributed by atoms with Crippen molar-refractivity contribution in [2.24, 2.45) is 0 Å². The lowest BCUT2D eigenvalue weighted by Gasteiger charge is -2.01. The molecule has 0 unspecified atom stereocenters. The Bertz CT molecular complexity index is 1050. The molecular formula is C19H10Cl2N2O3. The first kappa shape index (κ1) is 17.7. The molecular weight excluding hydrogens is 375 g/mol. The van der Waals surface area contributed by atoms with E-state index in [-0.39, 0.29) is 10.7 Å². The second-order valence-electron chi connectivity index (χ2n) is 5.30. The summed E-state index contributed by atoms with van der Waals surface area (Å²) in [4.78, 5) is 10.7. The van der Waals surface area contributed by atoms with Crippen LogP contribution in [0.4, 0.5) is 5.69 Å². The normalized spacial score (nSPS) is 11.2. The zero-order chi connectivity index (χ0) is 18.7. The molecule has 5 nitrogen and oxygen atoms in total. The lowest BCUT2D eigenvalue weighted by atomic mass is 10.1. The van der Waals surface area contributed by atoms with Crippen molar-refractivity contribution < 1.29 is 9.34 Å². The minimum absolute atomic E-state index is 0.152. The molecule has 7 heteroatoms. The molecule has 0 saturated carbocycles. The predicted octanol–water partition coefficient (Wildman–Crippen LogP) is 6.23. The van der Waals surface area contributed by atoms with Gasteiger partial charge in [-0.05, 0) is 48.0 Å². The van der Waals surface area contributed by atoms with Crippen LogP contribution in [0.1, 0.15) is 11.3 Å². The lowest BCUT2D eigenvalue weighted by Crippen LogP contribution is -1.91. The zero-order valence-electron chi connectivity index (χ0n) is 13.1. The van der Waals surface area contributed by atoms with Crippen molar-refractivity contribution in [2.75, 3.05) is 0 Å². The third-order valence-corrected chi connectivity index (χ3v) is 4.10. The average Bonchev–Trinajstić information content (AvgIpc) is 3.09. The van der Waals surface area contributed by atoms with E-state index in [9.17, 15) is 15.4 Å². The van der Waals surface area contributed by atoms with Gasteiger partial charge in [-0.15, -0.1) is 0 Å². The standard InChI is InChI=1S/C19H10Cl2N2O3/c20-14-3-1-12(2-4-14)13(11-22)9-16-6-8-19(26-16)17-7-5-15(21)10-18(17)23(24)25/h1-10H/b13-9-. The summed E-state index contributed by atoms with van der Waals surface area (Å²) < 4.78 is 5.68. The second kappa shape index (κ2) is 7.44. The van der Waals surface area contributed by atoms with Gasteiger partial charge in [0.05, 0.1) is 22.1 Å². The van der Waals surface area contributed by atoms with Crippen LogP contribution in [-0.4, -0.2) is 4.92 Å². The SMILES string of the molecule is N#C/C(=C/c1ccc(-c2ccc(Cl)cc2[N+](=O)[O-])o1)c1ccc(Cl)cc1. The van der Waals surface area contributed by atoms with Gasteiger partial charge in [0.2, 0.25) is 0 Å². The number of hydrogen-bond acceptors (Lipinski definition) is 4. The monoisotopic (exact) mass is 384 g/mol. The van der Waals surface area contributed by atoms with E-state index in [1.807, 2.05) is 0 Å². The van der Waals surface area contributed by atoms with E-state index in [1.165, 1.54) is 12.1 Å². The minimum Gasteiger partial charge on any atom is -0.456 e. The number of furan rings is 1. The second-order valence-corrected chi connectivity index (χ2v) is 6.17. The van der Waals surface area contributed by atoms with Crippen molar-refractivity contribution in [1.82, 2.24) is 0 Å². The maximum absolute atomic E-state index is 11.2. The van der Waals surface area contributed by atoms with Gasteiger partial charge in [-0.3, -0.25) is 10.1 Å². The highest BCUT2D eigenvalue weighted by atomic mass is 35.5. The fourth-order valence-electron chi connectivity index (χ4n) is 2.39. The number of nitro benzene ring substituents is 1. The van der Waals surface area contributed by atoms with E-state index in [2.05, 4.69) is 6.07 Å². The van der Waals surface area contributed by atoms with Gasteiger partial charge < -0.3 is 4.42 Å². The number of nitro groups is 1. The molecule has 1 heterocycles. The van der Waals surface area contributed by atoms with Crippen molar-refractivity contribution in [3.05, 3.63) is 86.1 Å². The molecule has 3 rings (SSSR count). The third-order valence-electron chi connectivity index (χ3n) is 3.61. The quantitative estimate of drug-likeness (QED) is 0.303. The Morgan fingerprint density at radius 3 is 2.42 bits per heavy atom. The minimum atomic E-state index is -0.520. The number of benzene rings is 2. The Morgan fingerprint density at radius 2 is 1.77 bits per heavy atom. The fourth-order valence-corrected chi connectivity index (χ4v) is 2.68. The van der Waals surface area contributed by atoms with Crippen LogP contribution in [0, 0.1) is 21.4 Å². The molecule has 0 aliphatic carbocycles. The molecule has 1 aromatic heterocycles. The Morgan fingerprint density at radius 1 is 1.08 bits per heavy atom. The molecule has 26 heavy (non-hydrogen) atoms. The number of nitrogens with zero attached hydrogens (tertiary/aromatic N) is 2. The molecule has 0 atom stereocenters. The molecule has 0 aliphatic rings. The summed E-state index contributed by atoms with van der Waals surface area (Å²) in [5, 5.41) is 21.5. The maximum atomic E-state index is 11.2. The van der Waals surface area contributed by atoms with Crippen molar-refractivity contribution >= 4 is 40.5 Å². The first-order chi connectivity index (χ1) is 12.5. The van der Waals surface area contributed by atoms with Gasteiger partial charge in [0.15, 0.2) is 0 Å². The molecule has 3 aromatic rings. The Kier molecular flexibility index (Phi) is 5.08. The molecule has 0 fully saturated rings. The Balaban J connectivity index is 1.99. The summed E-state index contributed by atoms with van der Waals surface area (Å²) in [5.41, 5.74) is 1.23. The van der Waals surface area contributed by atoms with E-state index in [4.69, 9.17) is 27.6 Å². The van der Waals surface area contributed by atoms with Crippen molar-refractivity contribution in [3.63, 3.8) is 0 Å². The first-order valence-corrected chi connectivity index (χ1v) is 8.15. The molecule has 0 amide bonds. The van der Waals surface area contributed by atoms with Gasteiger partial charge in [0.1, 0.15) is 11.5 Å². The fraction of sp³-hybridized carbons (Fsp3) is 0. The number of allylic oxidation sites excluding steroid dienone is 1. The average molecular weight is 385 g/mol. The van der Waals surface area contributed by atoms with Gasteiger partial charge >= 0.3 is 0 Å². The van der Waals surface area contributed by atoms with Crippen molar-refractivity contribution in [2.45, 2.75) is 0 Å². The molecule has 128 valence electrons. The molecule has 0 bridgehead atoms. The van der Waals surface area contributed by atoms with Gasteiger partial charge in [-0.25, -0.2) is 0 Å². The summed E-state index contributed by atoms with van der Waals surface area (Å²) in [6, 6.07) is 16.5. The highest BCUT2D eigenvalue weighted by Crippen LogP contribution is 2.34. The van der Waals surface area contributed by atoms with Crippen LogP contribution in [0.15, 0.2) is 59.0 Å². The van der Waals surface area contributed by atoms with E-state index in [0.717, 1.165) is 0 Å². The predicted molar refractivity (Wildman–Crippen MR) is 101 cm³/mol. The maximum Gasteiger partial charge on any atom is 0.281 e. The summed E-state index contributed by atoms with van der Waals surface area (Å²) in [7, 11) is 0. The number of hydrogen-bond donors (Lipinski definition) is 0. The van der Waals surface area contributed by atoms with Crippen molar-refractivity contribution in [3.8, 4) is 17.4 Å². The van der Waals surface area contributed by atoms with Crippen LogP contribution >= 0.6 is 23.2 Å². The van der Waals surface area contributed by atoms with E-state index >= 15 is 0 Å². The molecule has 0 saturated heterocycles. The number of halogens is 2. The van der Waals surface area contributed by atoms with Crippen LogP contribution in [-0.2, 0) is 0 Å². The zero-order valence-corrected chi connectivity index (χ0v) is 14.7. The molecule has 2 aromatic carbocycles. The van der Waals surface area contributed by atoms with Gasteiger partial charge in [-0.2, -0.15) is 5.26 Å². The van der Waals surface area contributed by atoms with Crippen LogP contribution in [0.2, 0.25) is 10.0 Å². The summed E-state index contributed by atoms with van der Waals surface area (Å²) in [6.45, 7) is 0. The Hall–Kier alpha value is -3.07. The molecule has 0 N–H and O–H groups in total. The molecule has 0 radical (unpaired) electrons. The van der Waals surface area contributed by atoms with E-state index in [0.29, 0.717) is 33.2 Å². The lowest BCUT2D eigenvalue weighted by molar-refractivity contribution is -0.384. The summed E-state index contributed by atoms with van der Waals surface area (Å²) in [6.07, 6.45) is 1.56. The molecule has 0 spiro atoms. The van der Waals surface area contributed by atoms with Crippen LogP contribution in [0.5, 0.6) is 0 Å². The highest BCUT2D eigenvalue weighted by Gasteiger charge is 2.18. The topological polar surface area (TPSA) is 80.1 Å². The largest absolute Gasteiger partial charge is 0.456 e. The molecule has 0 aliphatic heterocycles. The highest BCUT2D eigenvalue weighted by molar-refractivity contribution is 6.31. The van der Waals surface area contributed by atoms with Crippen LogP contribution in [0.25, 0.3) is 23.0 Å². The Labute approximate surface area is 158 Å². The van der Waals surface area contributed by atoms with Gasteiger partial charge in [0.25, 0.3) is 5.69 Å². The first-order valence-electron chi connectivity index (χ1n) is 7.40. The van der Waals surface area contributed by atoms with Crippen molar-refractivity contribution in [1.29, 1.82) is 5.26 Å². The van der Waals surface area contributed by atoms with Crippen LogP contribution in [0.3, 0.4) is 0 Å². The van der Waals surface area contributed by atoms with E-state index < -0.39 is 4.92 Å². The third kappa shape index (κ3) is 3.77. The van der Waals surface area contributed by atoms with E-state index in [1.54, 1.807) is 48.5 Å². The van der Waals surface area contributed by atoms with Crippen LogP contribution < -0.4 is 0 Å². The number of rotatable bonds is 4. The number of nitriles is 1. The smallest absolute Gasteiger partial charge is 0.281 e. The van der Waals surface area contributed by atoms with Gasteiger partial charge in [-0.1, -0.05) is 35.3 Å². The van der Waals surface area contributed by atoms with Gasteiger partial charge in [0, 0.05) is 16.1 Å². The summed E-state index contributed by atoms with van der Waals surface area (Å²) in [5.74, 6) is 0.712. The summed E-state index contributed by atoms with van der Waals surface area (Å²) >= 11 is 11.7.